The number of carbonyl (C=O) groups excluding carboxylic acids is 2. The maximum atomic E-state index is 13.1. The molecule has 0 unspecified atom stereocenters. The van der Waals surface area contributed by atoms with E-state index in [1.165, 1.54) is 7.11 Å². The Morgan fingerprint density at radius 2 is 1.85 bits per heavy atom. The summed E-state index contributed by atoms with van der Waals surface area (Å²) in [5.74, 6) is -0.413. The summed E-state index contributed by atoms with van der Waals surface area (Å²) in [6, 6.07) is 6.65. The van der Waals surface area contributed by atoms with E-state index in [0.717, 1.165) is 17.6 Å². The number of ether oxygens (including phenoxy) is 2. The van der Waals surface area contributed by atoms with Crippen LogP contribution in [0.5, 0.6) is 11.5 Å². The van der Waals surface area contributed by atoms with Gasteiger partial charge in [0.2, 0.25) is 5.78 Å². The minimum absolute atomic E-state index is 0.0781. The largest absolute Gasteiger partial charge is 0.507 e. The van der Waals surface area contributed by atoms with Crippen LogP contribution in [-0.2, 0) is 11.2 Å². The lowest BCUT2D eigenvalue weighted by atomic mass is 9.79. The van der Waals surface area contributed by atoms with E-state index >= 15 is 0 Å². The number of phenols is 1. The Labute approximate surface area is 150 Å². The van der Waals surface area contributed by atoms with Crippen molar-refractivity contribution in [1.29, 1.82) is 0 Å². The molecule has 0 radical (unpaired) electrons. The number of carbonyl (C=O) groups is 2. The quantitative estimate of drug-likeness (QED) is 0.785. The molecule has 2 aromatic rings. The van der Waals surface area contributed by atoms with E-state index in [1.807, 2.05) is 6.08 Å². The predicted octanol–water partition coefficient (Wildman–Crippen LogP) is 3.15. The molecule has 5 heteroatoms. The summed E-state index contributed by atoms with van der Waals surface area (Å²) in [7, 11) is 3.09. The molecule has 0 aliphatic heterocycles. The zero-order valence-electron chi connectivity index (χ0n) is 14.6. The van der Waals surface area contributed by atoms with Crippen molar-refractivity contribution in [2.75, 3.05) is 20.8 Å². The molecule has 0 atom stereocenters. The Kier molecular flexibility index (Phi) is 3.89. The predicted molar refractivity (Wildman–Crippen MR) is 96.1 cm³/mol. The maximum Gasteiger partial charge on any atom is 0.201 e. The summed E-state index contributed by atoms with van der Waals surface area (Å²) in [5, 5.41) is 10.8. The second-order valence-corrected chi connectivity index (χ2v) is 6.49. The van der Waals surface area contributed by atoms with Gasteiger partial charge in [-0.3, -0.25) is 9.59 Å². The molecule has 5 nitrogen and oxygen atoms in total. The highest BCUT2D eigenvalue weighted by atomic mass is 16.5. The van der Waals surface area contributed by atoms with Crippen LogP contribution in [0.1, 0.15) is 49.4 Å². The van der Waals surface area contributed by atoms with Crippen molar-refractivity contribution in [3.8, 4) is 11.5 Å². The topological polar surface area (TPSA) is 72.8 Å². The Morgan fingerprint density at radius 3 is 2.58 bits per heavy atom. The number of rotatable bonds is 3. The Balaban J connectivity index is 1.95. The molecule has 2 aliphatic carbocycles. The van der Waals surface area contributed by atoms with E-state index in [2.05, 4.69) is 0 Å². The van der Waals surface area contributed by atoms with E-state index < -0.39 is 0 Å². The highest BCUT2D eigenvalue weighted by Crippen LogP contribution is 2.42. The smallest absolute Gasteiger partial charge is 0.201 e. The second-order valence-electron chi connectivity index (χ2n) is 6.49. The summed E-state index contributed by atoms with van der Waals surface area (Å²) < 4.78 is 10.4. The van der Waals surface area contributed by atoms with Crippen molar-refractivity contribution in [3.63, 3.8) is 0 Å². The number of ketones is 2. The van der Waals surface area contributed by atoms with Crippen LogP contribution in [0.2, 0.25) is 0 Å². The molecule has 0 amide bonds. The van der Waals surface area contributed by atoms with Crippen LogP contribution >= 0.6 is 0 Å². The summed E-state index contributed by atoms with van der Waals surface area (Å²) in [4.78, 5) is 26.1. The second kappa shape index (κ2) is 6.11. The lowest BCUT2D eigenvalue weighted by molar-refractivity contribution is 0.0974. The number of hydrogen-bond acceptors (Lipinski definition) is 5. The highest BCUT2D eigenvalue weighted by molar-refractivity contribution is 6.30. The summed E-state index contributed by atoms with van der Waals surface area (Å²) >= 11 is 0. The van der Waals surface area contributed by atoms with E-state index in [-0.39, 0.29) is 34.0 Å². The minimum atomic E-state index is -0.376. The first-order chi connectivity index (χ1) is 12.6. The van der Waals surface area contributed by atoms with Crippen LogP contribution < -0.4 is 4.74 Å². The van der Waals surface area contributed by atoms with E-state index in [4.69, 9.17) is 9.47 Å². The third-order valence-electron chi connectivity index (χ3n) is 5.02. The van der Waals surface area contributed by atoms with Crippen LogP contribution in [0.3, 0.4) is 0 Å². The SMILES string of the molecule is COCC1=Cc2cc3c(c(O)c2CC1)C(=O)c1c(OC)cccc1C3=O. The normalized spacial score (nSPS) is 15.1. The van der Waals surface area contributed by atoms with Gasteiger partial charge < -0.3 is 14.6 Å². The van der Waals surface area contributed by atoms with Crippen molar-refractivity contribution in [1.82, 2.24) is 0 Å². The van der Waals surface area contributed by atoms with Gasteiger partial charge in [-0.15, -0.1) is 0 Å². The van der Waals surface area contributed by atoms with Crippen LogP contribution in [-0.4, -0.2) is 37.5 Å². The van der Waals surface area contributed by atoms with Crippen molar-refractivity contribution < 1.29 is 24.2 Å². The number of aromatic hydroxyl groups is 1. The van der Waals surface area contributed by atoms with Gasteiger partial charge in [0.1, 0.15) is 11.5 Å². The van der Waals surface area contributed by atoms with E-state index in [9.17, 15) is 14.7 Å². The lowest BCUT2D eigenvalue weighted by Gasteiger charge is -2.25. The monoisotopic (exact) mass is 350 g/mol. The molecule has 132 valence electrons. The summed E-state index contributed by atoms with van der Waals surface area (Å²) in [6.45, 7) is 0.504. The molecule has 4 rings (SSSR count). The van der Waals surface area contributed by atoms with Gasteiger partial charge in [0.25, 0.3) is 0 Å². The standard InChI is InChI=1S/C21H18O5/c1-25-10-11-6-7-13-12(8-11)9-15-18(20(13)23)21(24)17-14(19(15)22)4-3-5-16(17)26-2/h3-5,8-9,23H,6-7,10H2,1-2H3. The van der Waals surface area contributed by atoms with Gasteiger partial charge in [0.15, 0.2) is 5.78 Å². The average molecular weight is 350 g/mol. The molecule has 0 bridgehead atoms. The van der Waals surface area contributed by atoms with Gasteiger partial charge in [-0.25, -0.2) is 0 Å². The molecular formula is C21H18O5. The van der Waals surface area contributed by atoms with Gasteiger partial charge in [0.05, 0.1) is 24.8 Å². The third kappa shape index (κ3) is 2.28. The zero-order chi connectivity index (χ0) is 18.4. The molecule has 1 N–H and O–H groups in total. The van der Waals surface area contributed by atoms with Crippen LogP contribution in [0, 0.1) is 0 Å². The fraction of sp³-hybridized carbons (Fsp3) is 0.238. The first-order valence-electron chi connectivity index (χ1n) is 8.40. The fourth-order valence-electron chi connectivity index (χ4n) is 3.80. The van der Waals surface area contributed by atoms with E-state index in [1.54, 1.807) is 31.4 Å². The Bertz CT molecular complexity index is 984. The molecule has 26 heavy (non-hydrogen) atoms. The molecule has 0 fully saturated rings. The van der Waals surface area contributed by atoms with Crippen molar-refractivity contribution >= 4 is 17.6 Å². The molecule has 0 spiro atoms. The van der Waals surface area contributed by atoms with Gasteiger partial charge in [-0.2, -0.15) is 0 Å². The third-order valence-corrected chi connectivity index (χ3v) is 5.02. The summed E-state index contributed by atoms with van der Waals surface area (Å²) in [5.41, 5.74) is 3.40. The van der Waals surface area contributed by atoms with Crippen molar-refractivity contribution in [3.05, 3.63) is 63.2 Å². The molecule has 0 heterocycles. The van der Waals surface area contributed by atoms with E-state index in [0.29, 0.717) is 29.9 Å². The molecule has 2 aromatic carbocycles. The number of methoxy groups -OCH3 is 2. The van der Waals surface area contributed by atoms with Gasteiger partial charge in [0, 0.05) is 23.8 Å². The van der Waals surface area contributed by atoms with Gasteiger partial charge in [-0.05, 0) is 36.1 Å². The molecule has 0 aromatic heterocycles. The number of fused-ring (bicyclic) bond motifs is 3. The average Bonchev–Trinajstić information content (AvgIpc) is 2.65. The first kappa shape index (κ1) is 16.5. The van der Waals surface area contributed by atoms with Crippen LogP contribution in [0.25, 0.3) is 6.08 Å². The molecule has 0 saturated heterocycles. The zero-order valence-corrected chi connectivity index (χ0v) is 14.6. The van der Waals surface area contributed by atoms with Crippen molar-refractivity contribution in [2.45, 2.75) is 12.8 Å². The minimum Gasteiger partial charge on any atom is -0.507 e. The number of benzene rings is 2. The molecule has 2 aliphatic rings. The Hall–Kier alpha value is -2.92. The van der Waals surface area contributed by atoms with Gasteiger partial charge in [-0.1, -0.05) is 18.2 Å². The highest BCUT2D eigenvalue weighted by Gasteiger charge is 2.36. The maximum absolute atomic E-state index is 13.1. The van der Waals surface area contributed by atoms with Crippen LogP contribution in [0.15, 0.2) is 29.8 Å². The fourth-order valence-corrected chi connectivity index (χ4v) is 3.80. The lowest BCUT2D eigenvalue weighted by Crippen LogP contribution is -2.23. The van der Waals surface area contributed by atoms with Gasteiger partial charge >= 0.3 is 0 Å². The molecule has 0 saturated carbocycles. The van der Waals surface area contributed by atoms with Crippen molar-refractivity contribution in [2.24, 2.45) is 0 Å². The molecular weight excluding hydrogens is 332 g/mol. The summed E-state index contributed by atoms with van der Waals surface area (Å²) in [6.07, 6.45) is 3.28. The Morgan fingerprint density at radius 1 is 1.04 bits per heavy atom. The number of phenolic OH excluding ortho intramolecular Hbond substituents is 1. The first-order valence-corrected chi connectivity index (χ1v) is 8.40. The van der Waals surface area contributed by atoms with Crippen LogP contribution in [0.4, 0.5) is 0 Å². The number of hydrogen-bond donors (Lipinski definition) is 1.